The standard InChI is InChI=1S/C34H40N8OS/c1-39-21-14-28(15-22-39)40(2)32(43)25-6-10-27(11-7-25)36-33-37-31-30(5-4-20-42(31)38-33)41-23-17-34(16-19-35,18-24-41)26-8-12-29(44-3)13-9-26/h4-13,20,28H,14-18,21-24H2,1-3H3,(H,36,38). The van der Waals surface area contributed by atoms with Gasteiger partial charge in [0.2, 0.25) is 5.95 Å². The lowest BCUT2D eigenvalue weighted by atomic mass is 9.71. The number of thioether (sulfide) groups is 1. The van der Waals surface area contributed by atoms with Crippen LogP contribution in [0.4, 0.5) is 17.3 Å². The number of nitriles is 1. The van der Waals surface area contributed by atoms with Crippen LogP contribution in [0.2, 0.25) is 0 Å². The Bertz CT molecular complexity index is 1630. The quantitative estimate of drug-likeness (QED) is 0.251. The van der Waals surface area contributed by atoms with E-state index in [1.54, 1.807) is 11.8 Å². The zero-order valence-corrected chi connectivity index (χ0v) is 26.6. The largest absolute Gasteiger partial charge is 0.368 e. The number of amides is 1. The van der Waals surface area contributed by atoms with Crippen LogP contribution in [0.25, 0.3) is 5.65 Å². The average Bonchev–Trinajstić information content (AvgIpc) is 3.48. The van der Waals surface area contributed by atoms with Gasteiger partial charge in [0.15, 0.2) is 5.65 Å². The third-order valence-electron chi connectivity index (χ3n) is 9.47. The fourth-order valence-corrected chi connectivity index (χ4v) is 7.02. The first-order chi connectivity index (χ1) is 21.4. The second-order valence-corrected chi connectivity index (χ2v) is 13.0. The maximum absolute atomic E-state index is 13.1. The van der Waals surface area contributed by atoms with Crippen LogP contribution in [-0.4, -0.2) is 82.9 Å². The zero-order chi connectivity index (χ0) is 30.7. The molecule has 4 heterocycles. The van der Waals surface area contributed by atoms with E-state index in [1.165, 1.54) is 10.5 Å². The molecule has 0 radical (unpaired) electrons. The number of carbonyl (C=O) groups is 1. The molecule has 2 aliphatic rings. The summed E-state index contributed by atoms with van der Waals surface area (Å²) in [7, 11) is 4.04. The van der Waals surface area contributed by atoms with Crippen molar-refractivity contribution in [3.05, 3.63) is 78.0 Å². The van der Waals surface area contributed by atoms with Crippen molar-refractivity contribution in [1.29, 1.82) is 5.26 Å². The maximum Gasteiger partial charge on any atom is 0.253 e. The molecule has 9 nitrogen and oxygen atoms in total. The molecular formula is C34H40N8OS. The highest BCUT2D eigenvalue weighted by molar-refractivity contribution is 7.98. The van der Waals surface area contributed by atoms with Crippen LogP contribution in [0.3, 0.4) is 0 Å². The van der Waals surface area contributed by atoms with Crippen molar-refractivity contribution >= 4 is 40.6 Å². The second-order valence-electron chi connectivity index (χ2n) is 12.1. The van der Waals surface area contributed by atoms with Crippen molar-refractivity contribution in [2.75, 3.05) is 56.7 Å². The number of nitrogens with zero attached hydrogens (tertiary/aromatic N) is 7. The summed E-state index contributed by atoms with van der Waals surface area (Å²) in [5.74, 6) is 0.559. The minimum Gasteiger partial charge on any atom is -0.368 e. The van der Waals surface area contributed by atoms with Crippen LogP contribution < -0.4 is 10.2 Å². The van der Waals surface area contributed by atoms with Gasteiger partial charge in [-0.05, 0) is 106 Å². The van der Waals surface area contributed by atoms with E-state index in [2.05, 4.69) is 69.9 Å². The fraction of sp³-hybridized carbons (Fsp3) is 0.412. The summed E-state index contributed by atoms with van der Waals surface area (Å²) < 4.78 is 1.81. The van der Waals surface area contributed by atoms with Gasteiger partial charge in [-0.15, -0.1) is 16.9 Å². The highest BCUT2D eigenvalue weighted by Gasteiger charge is 2.37. The molecule has 228 valence electrons. The van der Waals surface area contributed by atoms with Crippen LogP contribution in [0.15, 0.2) is 71.8 Å². The van der Waals surface area contributed by atoms with Crippen molar-refractivity contribution in [1.82, 2.24) is 24.4 Å². The minimum absolute atomic E-state index is 0.0545. The molecule has 6 rings (SSSR count). The summed E-state index contributed by atoms with van der Waals surface area (Å²) in [6.45, 7) is 3.71. The second kappa shape index (κ2) is 12.9. The van der Waals surface area contributed by atoms with E-state index in [0.717, 1.165) is 68.9 Å². The van der Waals surface area contributed by atoms with E-state index in [9.17, 15) is 10.1 Å². The Morgan fingerprint density at radius 1 is 1.07 bits per heavy atom. The topological polar surface area (TPSA) is 92.8 Å². The summed E-state index contributed by atoms with van der Waals surface area (Å²) in [5.41, 5.74) is 4.45. The molecule has 2 fully saturated rings. The molecule has 2 aromatic carbocycles. The van der Waals surface area contributed by atoms with E-state index in [0.29, 0.717) is 17.9 Å². The number of fused-ring (bicyclic) bond motifs is 1. The Hall–Kier alpha value is -4.07. The molecule has 10 heteroatoms. The summed E-state index contributed by atoms with van der Waals surface area (Å²) in [5, 5.41) is 17.7. The first-order valence-electron chi connectivity index (χ1n) is 15.3. The molecule has 0 aliphatic carbocycles. The SMILES string of the molecule is CSc1ccc(C2(CC#N)CCN(c3cccn4nc(Nc5ccc(C(=O)N(C)C6CCN(C)CC6)cc5)nc34)CC2)cc1. The lowest BCUT2D eigenvalue weighted by Gasteiger charge is -2.42. The molecule has 2 aromatic heterocycles. The van der Waals surface area contributed by atoms with Gasteiger partial charge >= 0.3 is 0 Å². The van der Waals surface area contributed by atoms with Crippen LogP contribution in [0.1, 0.15) is 48.0 Å². The summed E-state index contributed by atoms with van der Waals surface area (Å²) in [6, 6.07) is 23.1. The molecule has 0 spiro atoms. The lowest BCUT2D eigenvalue weighted by molar-refractivity contribution is 0.0659. The number of nitrogens with one attached hydrogen (secondary N) is 1. The van der Waals surface area contributed by atoms with Crippen LogP contribution >= 0.6 is 11.8 Å². The zero-order valence-electron chi connectivity index (χ0n) is 25.7. The number of hydrogen-bond acceptors (Lipinski definition) is 8. The highest BCUT2D eigenvalue weighted by Crippen LogP contribution is 2.40. The van der Waals surface area contributed by atoms with E-state index < -0.39 is 0 Å². The van der Waals surface area contributed by atoms with Gasteiger partial charge in [-0.3, -0.25) is 4.79 Å². The maximum atomic E-state index is 13.1. The number of piperidine rings is 2. The smallest absolute Gasteiger partial charge is 0.253 e. The minimum atomic E-state index is -0.136. The monoisotopic (exact) mass is 608 g/mol. The number of rotatable bonds is 8. The number of aromatic nitrogens is 3. The normalized spacial score (nSPS) is 17.4. The van der Waals surface area contributed by atoms with Crippen molar-refractivity contribution in [3.63, 3.8) is 0 Å². The van der Waals surface area contributed by atoms with Crippen molar-refractivity contribution in [2.24, 2.45) is 0 Å². The highest BCUT2D eigenvalue weighted by atomic mass is 32.2. The van der Waals surface area contributed by atoms with E-state index >= 15 is 0 Å². The van der Waals surface area contributed by atoms with Gasteiger partial charge in [0.05, 0.1) is 11.8 Å². The van der Waals surface area contributed by atoms with E-state index in [1.807, 2.05) is 53.0 Å². The first kappa shape index (κ1) is 30.0. The molecule has 44 heavy (non-hydrogen) atoms. The van der Waals surface area contributed by atoms with Gasteiger partial charge in [0.25, 0.3) is 5.91 Å². The van der Waals surface area contributed by atoms with Gasteiger partial charge in [0, 0.05) is 60.4 Å². The van der Waals surface area contributed by atoms with Gasteiger partial charge in [-0.25, -0.2) is 4.52 Å². The number of anilines is 3. The lowest BCUT2D eigenvalue weighted by Crippen LogP contribution is -2.44. The molecule has 0 unspecified atom stereocenters. The van der Waals surface area contributed by atoms with Crippen LogP contribution in [-0.2, 0) is 5.41 Å². The number of hydrogen-bond donors (Lipinski definition) is 1. The molecule has 1 N–H and O–H groups in total. The van der Waals surface area contributed by atoms with Crippen LogP contribution in [0.5, 0.6) is 0 Å². The summed E-state index contributed by atoms with van der Waals surface area (Å²) in [6.07, 6.45) is 8.32. The molecule has 0 bridgehead atoms. The van der Waals surface area contributed by atoms with E-state index in [4.69, 9.17) is 4.98 Å². The van der Waals surface area contributed by atoms with Gasteiger partial charge < -0.3 is 20.0 Å². The van der Waals surface area contributed by atoms with Crippen molar-refractivity contribution in [3.8, 4) is 6.07 Å². The van der Waals surface area contributed by atoms with Crippen molar-refractivity contribution < 1.29 is 4.79 Å². The third kappa shape index (κ3) is 6.12. The predicted molar refractivity (Wildman–Crippen MR) is 177 cm³/mol. The molecule has 0 atom stereocenters. The number of carbonyl (C=O) groups excluding carboxylic acids is 1. The van der Waals surface area contributed by atoms with Gasteiger partial charge in [0.1, 0.15) is 0 Å². The predicted octanol–water partition coefficient (Wildman–Crippen LogP) is 5.81. The Morgan fingerprint density at radius 3 is 2.43 bits per heavy atom. The Kier molecular flexibility index (Phi) is 8.78. The fourth-order valence-electron chi connectivity index (χ4n) is 6.61. The third-order valence-corrected chi connectivity index (χ3v) is 10.2. The molecule has 2 aliphatic heterocycles. The number of pyridine rings is 1. The number of benzene rings is 2. The summed E-state index contributed by atoms with van der Waals surface area (Å²) >= 11 is 1.73. The Labute approximate surface area is 263 Å². The Morgan fingerprint density at radius 2 is 1.77 bits per heavy atom. The van der Waals surface area contributed by atoms with E-state index in [-0.39, 0.29) is 17.4 Å². The van der Waals surface area contributed by atoms with Gasteiger partial charge in [-0.1, -0.05) is 12.1 Å². The average molecular weight is 609 g/mol. The molecule has 0 saturated carbocycles. The first-order valence-corrected chi connectivity index (χ1v) is 16.6. The van der Waals surface area contributed by atoms with Crippen LogP contribution in [0, 0.1) is 11.3 Å². The van der Waals surface area contributed by atoms with Gasteiger partial charge in [-0.2, -0.15) is 10.2 Å². The summed E-state index contributed by atoms with van der Waals surface area (Å²) in [4.78, 5) is 25.8. The Balaban J connectivity index is 1.13. The molecular weight excluding hydrogens is 568 g/mol. The molecule has 1 amide bonds. The van der Waals surface area contributed by atoms with Crippen molar-refractivity contribution in [2.45, 2.75) is 48.5 Å². The molecule has 4 aromatic rings. The molecule has 2 saturated heterocycles. The number of likely N-dealkylation sites (tertiary alicyclic amines) is 1.